The van der Waals surface area contributed by atoms with Crippen LogP contribution in [-0.2, 0) is 0 Å². The van der Waals surface area contributed by atoms with Crippen molar-refractivity contribution >= 4 is 33.3 Å². The lowest BCUT2D eigenvalue weighted by Crippen LogP contribution is -2.48. The van der Waals surface area contributed by atoms with Gasteiger partial charge in [-0.2, -0.15) is 0 Å². The summed E-state index contributed by atoms with van der Waals surface area (Å²) >= 11 is 1.74. The highest BCUT2D eigenvalue weighted by Crippen LogP contribution is 2.36. The molecule has 1 saturated heterocycles. The molecule has 1 aliphatic heterocycles. The van der Waals surface area contributed by atoms with Gasteiger partial charge in [-0.15, -0.1) is 10.2 Å². The summed E-state index contributed by atoms with van der Waals surface area (Å²) in [6, 6.07) is 7.82. The summed E-state index contributed by atoms with van der Waals surface area (Å²) in [5, 5.41) is 12.1. The zero-order valence-electron chi connectivity index (χ0n) is 16.8. The average Bonchev–Trinajstić information content (AvgIpc) is 3.40. The number of rotatable bonds is 3. The maximum atomic E-state index is 13.0. The highest BCUT2D eigenvalue weighted by Gasteiger charge is 2.28. The van der Waals surface area contributed by atoms with Crippen LogP contribution in [0.1, 0.15) is 59.1 Å². The molecule has 3 heterocycles. The highest BCUT2D eigenvalue weighted by atomic mass is 32.1. The summed E-state index contributed by atoms with van der Waals surface area (Å²) in [5.74, 6) is 1.04. The molecule has 2 aromatic heterocycles. The highest BCUT2D eigenvalue weighted by molar-refractivity contribution is 7.15. The van der Waals surface area contributed by atoms with E-state index in [4.69, 9.17) is 4.42 Å². The lowest BCUT2D eigenvalue weighted by Gasteiger charge is -2.34. The number of piperazine rings is 1. The summed E-state index contributed by atoms with van der Waals surface area (Å²) in [5.41, 5.74) is 1.70. The van der Waals surface area contributed by atoms with Crippen molar-refractivity contribution in [2.24, 2.45) is 0 Å². The molecule has 0 spiro atoms. The fourth-order valence-corrected chi connectivity index (χ4v) is 5.56. The van der Waals surface area contributed by atoms with Crippen molar-refractivity contribution in [3.8, 4) is 0 Å². The van der Waals surface area contributed by atoms with Gasteiger partial charge in [0.2, 0.25) is 5.13 Å². The van der Waals surface area contributed by atoms with Gasteiger partial charge in [-0.3, -0.25) is 4.79 Å². The summed E-state index contributed by atoms with van der Waals surface area (Å²) in [7, 11) is 0. The first-order valence-electron chi connectivity index (χ1n) is 10.6. The number of nitrogens with zero attached hydrogens (tertiary/aromatic N) is 4. The first-order chi connectivity index (χ1) is 14.2. The fourth-order valence-electron chi connectivity index (χ4n) is 4.49. The molecule has 6 nitrogen and oxygen atoms in total. The van der Waals surface area contributed by atoms with E-state index in [1.165, 1.54) is 37.1 Å². The fraction of sp³-hybridized carbons (Fsp3) is 0.500. The van der Waals surface area contributed by atoms with Gasteiger partial charge in [-0.1, -0.05) is 48.8 Å². The van der Waals surface area contributed by atoms with E-state index >= 15 is 0 Å². The molecule has 0 unspecified atom stereocenters. The second-order valence-electron chi connectivity index (χ2n) is 8.09. The van der Waals surface area contributed by atoms with Gasteiger partial charge in [0, 0.05) is 43.0 Å². The monoisotopic (exact) mass is 410 g/mol. The molecule has 0 radical (unpaired) electrons. The molecular weight excluding hydrogens is 384 g/mol. The van der Waals surface area contributed by atoms with Crippen molar-refractivity contribution in [3.05, 3.63) is 40.6 Å². The smallest absolute Gasteiger partial charge is 0.290 e. The molecule has 5 rings (SSSR count). The Morgan fingerprint density at radius 1 is 1.07 bits per heavy atom. The van der Waals surface area contributed by atoms with Crippen LogP contribution in [0.5, 0.6) is 0 Å². The number of para-hydroxylation sites is 1. The Bertz CT molecular complexity index is 1010. The third-order valence-electron chi connectivity index (χ3n) is 6.26. The third kappa shape index (κ3) is 3.52. The van der Waals surface area contributed by atoms with Crippen LogP contribution in [0.2, 0.25) is 0 Å². The van der Waals surface area contributed by atoms with E-state index < -0.39 is 0 Å². The molecule has 3 aromatic rings. The molecule has 2 fully saturated rings. The minimum Gasteiger partial charge on any atom is -0.451 e. The molecule has 7 heteroatoms. The molecule has 1 amide bonds. The van der Waals surface area contributed by atoms with Gasteiger partial charge in [-0.05, 0) is 25.8 Å². The second kappa shape index (κ2) is 7.78. The Labute approximate surface area is 174 Å². The Morgan fingerprint density at radius 2 is 1.83 bits per heavy atom. The van der Waals surface area contributed by atoms with Crippen molar-refractivity contribution in [2.75, 3.05) is 31.1 Å². The van der Waals surface area contributed by atoms with Crippen LogP contribution in [-0.4, -0.2) is 47.2 Å². The van der Waals surface area contributed by atoms with Crippen LogP contribution in [0.25, 0.3) is 11.0 Å². The zero-order chi connectivity index (χ0) is 19.8. The number of carbonyl (C=O) groups excluding carboxylic acids is 1. The van der Waals surface area contributed by atoms with Gasteiger partial charge in [0.05, 0.1) is 0 Å². The number of furan rings is 1. The molecular formula is C22H26N4O2S. The molecule has 29 heavy (non-hydrogen) atoms. The lowest BCUT2D eigenvalue weighted by molar-refractivity contribution is 0.0716. The molecule has 1 saturated carbocycles. The number of hydrogen-bond donors (Lipinski definition) is 0. The topological polar surface area (TPSA) is 62.5 Å². The summed E-state index contributed by atoms with van der Waals surface area (Å²) in [6.07, 6.45) is 6.45. The molecule has 0 bridgehead atoms. The van der Waals surface area contributed by atoms with E-state index in [2.05, 4.69) is 15.1 Å². The van der Waals surface area contributed by atoms with E-state index in [0.717, 1.165) is 34.8 Å². The first kappa shape index (κ1) is 18.6. The van der Waals surface area contributed by atoms with Crippen molar-refractivity contribution < 1.29 is 9.21 Å². The Morgan fingerprint density at radius 3 is 2.59 bits per heavy atom. The Kier molecular flexibility index (Phi) is 4.99. The Hall–Kier alpha value is -2.41. The number of fused-ring (bicyclic) bond motifs is 1. The van der Waals surface area contributed by atoms with Gasteiger partial charge in [-0.25, -0.2) is 0 Å². The minimum atomic E-state index is -0.0153. The van der Waals surface area contributed by atoms with Crippen LogP contribution in [0.4, 0.5) is 5.13 Å². The number of amides is 1. The van der Waals surface area contributed by atoms with E-state index in [9.17, 15) is 4.79 Å². The van der Waals surface area contributed by atoms with Crippen molar-refractivity contribution in [3.63, 3.8) is 0 Å². The lowest BCUT2D eigenvalue weighted by atomic mass is 9.90. The van der Waals surface area contributed by atoms with E-state index in [0.29, 0.717) is 24.8 Å². The van der Waals surface area contributed by atoms with Crippen LogP contribution in [0, 0.1) is 6.92 Å². The van der Waals surface area contributed by atoms with Crippen LogP contribution in [0.3, 0.4) is 0 Å². The number of aryl methyl sites for hydroxylation is 1. The minimum absolute atomic E-state index is 0.0153. The van der Waals surface area contributed by atoms with Gasteiger partial charge < -0.3 is 14.2 Å². The number of anilines is 1. The molecule has 1 aromatic carbocycles. The molecule has 1 aliphatic carbocycles. The van der Waals surface area contributed by atoms with E-state index in [-0.39, 0.29) is 5.91 Å². The molecule has 0 atom stereocenters. The standard InChI is InChI=1S/C22H26N4O2S/c1-15-17-9-5-6-10-18(17)28-19(15)21(27)25-11-13-26(14-12-25)22-24-23-20(29-22)16-7-3-2-4-8-16/h5-6,9-10,16H,2-4,7-8,11-14H2,1H3. The average molecular weight is 411 g/mol. The normalized spacial score (nSPS) is 18.5. The number of benzene rings is 1. The largest absolute Gasteiger partial charge is 0.451 e. The van der Waals surface area contributed by atoms with Gasteiger partial charge in [0.1, 0.15) is 10.6 Å². The van der Waals surface area contributed by atoms with Crippen LogP contribution < -0.4 is 4.90 Å². The number of carbonyl (C=O) groups is 1. The summed E-state index contributed by atoms with van der Waals surface area (Å²) in [6.45, 7) is 4.87. The molecule has 2 aliphatic rings. The van der Waals surface area contributed by atoms with Gasteiger partial charge in [0.25, 0.3) is 5.91 Å². The molecule has 152 valence electrons. The Balaban J connectivity index is 1.25. The maximum Gasteiger partial charge on any atom is 0.290 e. The SMILES string of the molecule is Cc1c(C(=O)N2CCN(c3nnc(C4CCCCC4)s3)CC2)oc2ccccc12. The van der Waals surface area contributed by atoms with E-state index in [1.54, 1.807) is 11.3 Å². The van der Waals surface area contributed by atoms with Gasteiger partial charge in [0.15, 0.2) is 5.76 Å². The van der Waals surface area contributed by atoms with Crippen LogP contribution >= 0.6 is 11.3 Å². The van der Waals surface area contributed by atoms with Crippen molar-refractivity contribution in [1.82, 2.24) is 15.1 Å². The number of aromatic nitrogens is 2. The van der Waals surface area contributed by atoms with Crippen molar-refractivity contribution in [1.29, 1.82) is 0 Å². The number of hydrogen-bond acceptors (Lipinski definition) is 6. The van der Waals surface area contributed by atoms with Gasteiger partial charge >= 0.3 is 0 Å². The quantitative estimate of drug-likeness (QED) is 0.631. The first-order valence-corrected chi connectivity index (χ1v) is 11.4. The summed E-state index contributed by atoms with van der Waals surface area (Å²) in [4.78, 5) is 17.2. The van der Waals surface area contributed by atoms with Crippen molar-refractivity contribution in [2.45, 2.75) is 44.9 Å². The maximum absolute atomic E-state index is 13.0. The van der Waals surface area contributed by atoms with E-state index in [1.807, 2.05) is 36.1 Å². The predicted molar refractivity (Wildman–Crippen MR) is 115 cm³/mol. The summed E-state index contributed by atoms with van der Waals surface area (Å²) < 4.78 is 5.87. The van der Waals surface area contributed by atoms with Crippen LogP contribution in [0.15, 0.2) is 28.7 Å². The predicted octanol–water partition coefficient (Wildman–Crippen LogP) is 4.60. The second-order valence-corrected chi connectivity index (χ2v) is 9.08. The zero-order valence-corrected chi connectivity index (χ0v) is 17.6. The molecule has 0 N–H and O–H groups in total. The third-order valence-corrected chi connectivity index (χ3v) is 7.41.